The zero-order valence-corrected chi connectivity index (χ0v) is 17.7. The molecule has 0 N–H and O–H groups in total. The number of allylic oxidation sites excluding steroid dienone is 2. The molecule has 1 unspecified atom stereocenters. The van der Waals surface area contributed by atoms with E-state index in [4.69, 9.17) is 10.8 Å². The van der Waals surface area contributed by atoms with Crippen LogP contribution in [0.5, 0.6) is 11.5 Å². The van der Waals surface area contributed by atoms with Gasteiger partial charge in [-0.25, -0.2) is 13.0 Å². The SMILES string of the molecule is [2H]C1=C(Oc2ccc(F)cc2OC)C=C(C(F)(F)F)N(c2cccc(S(C)(=O)=NC)c2)C1. The minimum Gasteiger partial charge on any atom is -0.493 e. The fourth-order valence-electron chi connectivity index (χ4n) is 2.86. The van der Waals surface area contributed by atoms with Crippen LogP contribution in [0, 0.1) is 5.82 Å². The molecule has 1 aliphatic rings. The van der Waals surface area contributed by atoms with Gasteiger partial charge in [0.2, 0.25) is 0 Å². The van der Waals surface area contributed by atoms with E-state index in [0.717, 1.165) is 17.0 Å². The Labute approximate surface area is 179 Å². The first-order valence-corrected chi connectivity index (χ1v) is 10.9. The van der Waals surface area contributed by atoms with Gasteiger partial charge < -0.3 is 14.4 Å². The van der Waals surface area contributed by atoms with Crippen LogP contribution in [-0.4, -0.2) is 37.3 Å². The van der Waals surface area contributed by atoms with Gasteiger partial charge in [0, 0.05) is 42.6 Å². The number of rotatable bonds is 5. The van der Waals surface area contributed by atoms with E-state index in [-0.39, 0.29) is 33.9 Å². The minimum absolute atomic E-state index is 0.0246. The average molecular weight is 457 g/mol. The summed E-state index contributed by atoms with van der Waals surface area (Å²) in [6.45, 7) is -0.457. The fraction of sp³-hybridized carbons (Fsp3) is 0.238. The second-order valence-corrected chi connectivity index (χ2v) is 8.98. The number of benzene rings is 2. The molecule has 31 heavy (non-hydrogen) atoms. The molecule has 5 nitrogen and oxygen atoms in total. The van der Waals surface area contributed by atoms with Gasteiger partial charge >= 0.3 is 6.18 Å². The zero-order chi connectivity index (χ0) is 23.7. The first-order chi connectivity index (χ1) is 15.0. The molecule has 0 amide bonds. The number of nitrogens with zero attached hydrogens (tertiary/aromatic N) is 2. The molecule has 0 spiro atoms. The van der Waals surface area contributed by atoms with Crippen LogP contribution >= 0.6 is 0 Å². The maximum atomic E-state index is 13.9. The molecule has 1 atom stereocenters. The van der Waals surface area contributed by atoms with Gasteiger partial charge in [0.15, 0.2) is 11.5 Å². The molecule has 166 valence electrons. The maximum Gasteiger partial charge on any atom is 0.431 e. The Hall–Kier alpha value is -3.01. The Bertz CT molecular complexity index is 1220. The van der Waals surface area contributed by atoms with Gasteiger partial charge in [-0.15, -0.1) is 0 Å². The average Bonchev–Trinajstić information content (AvgIpc) is 2.75. The summed E-state index contributed by atoms with van der Waals surface area (Å²) in [5.74, 6) is -1.01. The normalized spacial score (nSPS) is 16.9. The predicted octanol–water partition coefficient (Wildman–Crippen LogP) is 5.15. The van der Waals surface area contributed by atoms with Crippen LogP contribution in [-0.2, 0) is 9.73 Å². The van der Waals surface area contributed by atoms with E-state index < -0.39 is 34.0 Å². The number of hydrogen-bond acceptors (Lipinski definition) is 5. The van der Waals surface area contributed by atoms with E-state index in [1.807, 2.05) is 0 Å². The highest BCUT2D eigenvalue weighted by Gasteiger charge is 2.40. The van der Waals surface area contributed by atoms with Gasteiger partial charge in [-0.05, 0) is 36.4 Å². The highest BCUT2D eigenvalue weighted by atomic mass is 32.2. The van der Waals surface area contributed by atoms with Crippen LogP contribution in [0.2, 0.25) is 0 Å². The van der Waals surface area contributed by atoms with Crippen molar-refractivity contribution < 1.29 is 32.6 Å². The Kier molecular flexibility index (Phi) is 5.90. The Morgan fingerprint density at radius 1 is 1.19 bits per heavy atom. The number of halogens is 4. The summed E-state index contributed by atoms with van der Waals surface area (Å²) in [6, 6.07) is 8.84. The van der Waals surface area contributed by atoms with Crippen molar-refractivity contribution in [3.05, 3.63) is 71.9 Å². The topological polar surface area (TPSA) is 51.1 Å². The van der Waals surface area contributed by atoms with E-state index in [2.05, 4.69) is 4.36 Å². The van der Waals surface area contributed by atoms with Crippen LogP contribution < -0.4 is 14.4 Å². The van der Waals surface area contributed by atoms with Crippen molar-refractivity contribution in [1.29, 1.82) is 0 Å². The van der Waals surface area contributed by atoms with Gasteiger partial charge in [-0.3, -0.25) is 0 Å². The van der Waals surface area contributed by atoms with Crippen molar-refractivity contribution in [2.24, 2.45) is 4.36 Å². The molecule has 0 aromatic heterocycles. The number of anilines is 1. The predicted molar refractivity (Wildman–Crippen MR) is 110 cm³/mol. The van der Waals surface area contributed by atoms with Crippen LogP contribution in [0.4, 0.5) is 23.2 Å². The third-order valence-electron chi connectivity index (χ3n) is 4.52. The van der Waals surface area contributed by atoms with Crippen molar-refractivity contribution in [1.82, 2.24) is 0 Å². The number of ether oxygens (including phenoxy) is 2. The van der Waals surface area contributed by atoms with E-state index in [1.165, 1.54) is 50.7 Å². The van der Waals surface area contributed by atoms with Crippen molar-refractivity contribution in [2.45, 2.75) is 11.1 Å². The molecule has 1 aliphatic heterocycles. The van der Waals surface area contributed by atoms with Gasteiger partial charge in [-0.2, -0.15) is 13.2 Å². The molecule has 10 heteroatoms. The number of methoxy groups -OCH3 is 1. The molecule has 0 radical (unpaired) electrons. The lowest BCUT2D eigenvalue weighted by molar-refractivity contribution is -0.0936. The summed E-state index contributed by atoms with van der Waals surface area (Å²) in [5, 5.41) is 0. The van der Waals surface area contributed by atoms with Gasteiger partial charge in [0.1, 0.15) is 17.3 Å². The Balaban J connectivity index is 2.04. The van der Waals surface area contributed by atoms with E-state index >= 15 is 0 Å². The first kappa shape index (κ1) is 21.2. The molecule has 1 heterocycles. The molecule has 0 bridgehead atoms. The highest BCUT2D eigenvalue weighted by molar-refractivity contribution is 7.93. The van der Waals surface area contributed by atoms with Gasteiger partial charge in [-0.1, -0.05) is 6.07 Å². The quantitative estimate of drug-likeness (QED) is 0.583. The summed E-state index contributed by atoms with van der Waals surface area (Å²) in [4.78, 5) is 1.17. The third-order valence-corrected chi connectivity index (χ3v) is 6.35. The summed E-state index contributed by atoms with van der Waals surface area (Å²) >= 11 is 0. The van der Waals surface area contributed by atoms with Gasteiger partial charge in [0.05, 0.1) is 18.2 Å². The molecule has 0 aliphatic carbocycles. The highest BCUT2D eigenvalue weighted by Crippen LogP contribution is 2.37. The minimum atomic E-state index is -4.78. The van der Waals surface area contributed by atoms with Crippen molar-refractivity contribution in [3.8, 4) is 11.5 Å². The van der Waals surface area contributed by atoms with Crippen LogP contribution in [0.3, 0.4) is 0 Å². The molecular weight excluding hydrogens is 436 g/mol. The van der Waals surface area contributed by atoms with Crippen LogP contribution in [0.15, 0.2) is 75.3 Å². The standard InChI is InChI=1S/C21H20F4N2O3S/c1-26-31(3,28)17-6-4-5-15(12-17)27-10-9-16(13-20(27)21(23,24)25)30-18-8-7-14(22)11-19(18)29-2/h4-9,11-13H,10H2,1-3H3/i9D. The number of alkyl halides is 3. The lowest BCUT2D eigenvalue weighted by atomic mass is 10.1. The lowest BCUT2D eigenvalue weighted by Crippen LogP contribution is -2.34. The Morgan fingerprint density at radius 2 is 1.94 bits per heavy atom. The van der Waals surface area contributed by atoms with Crippen molar-refractivity contribution in [3.63, 3.8) is 0 Å². The maximum absolute atomic E-state index is 13.9. The fourth-order valence-corrected chi connectivity index (χ4v) is 3.74. The molecule has 3 rings (SSSR count). The smallest absolute Gasteiger partial charge is 0.431 e. The van der Waals surface area contributed by atoms with Crippen molar-refractivity contribution in [2.75, 3.05) is 31.9 Å². The monoisotopic (exact) mass is 457 g/mol. The van der Waals surface area contributed by atoms with Gasteiger partial charge in [0.25, 0.3) is 0 Å². The molecule has 0 saturated heterocycles. The molecule has 2 aromatic carbocycles. The van der Waals surface area contributed by atoms with Crippen LogP contribution in [0.25, 0.3) is 0 Å². The second kappa shape index (κ2) is 8.62. The zero-order valence-electron chi connectivity index (χ0n) is 17.9. The largest absolute Gasteiger partial charge is 0.493 e. The molecule has 2 aromatic rings. The number of hydrogen-bond donors (Lipinski definition) is 0. The summed E-state index contributed by atoms with van der Waals surface area (Å²) in [5.41, 5.74) is -0.967. The van der Waals surface area contributed by atoms with E-state index in [1.54, 1.807) is 0 Å². The molecule has 0 fully saturated rings. The van der Waals surface area contributed by atoms with Crippen molar-refractivity contribution >= 4 is 15.4 Å². The third kappa shape index (κ3) is 5.01. The summed E-state index contributed by atoms with van der Waals surface area (Å²) < 4.78 is 90.3. The van der Waals surface area contributed by atoms with Crippen LogP contribution in [0.1, 0.15) is 1.37 Å². The Morgan fingerprint density at radius 3 is 2.58 bits per heavy atom. The second-order valence-electron chi connectivity index (χ2n) is 6.53. The lowest BCUT2D eigenvalue weighted by Gasteiger charge is -2.31. The first-order valence-electron chi connectivity index (χ1n) is 9.44. The van der Waals surface area contributed by atoms with E-state index in [9.17, 15) is 21.8 Å². The summed E-state index contributed by atoms with van der Waals surface area (Å²) in [7, 11) is -0.137. The van der Waals surface area contributed by atoms with E-state index in [0.29, 0.717) is 6.08 Å². The molecular formula is C21H20F4N2O3S. The summed E-state index contributed by atoms with van der Waals surface area (Å²) in [6.07, 6.45) is -2.68. The molecule has 0 saturated carbocycles.